The normalized spacial score (nSPS) is 21.6. The Kier molecular flexibility index (Phi) is 7.95. The second kappa shape index (κ2) is 10.7. The van der Waals surface area contributed by atoms with Crippen LogP contribution in [0.15, 0.2) is 30.3 Å². The SMILES string of the molecule is CC(C)(C)OC(=O)N1C[C@@H](NC(=O)OCc2ccccc2)C[C@@H](C(=O)N2CCOCC2)C1. The highest BCUT2D eigenvalue weighted by molar-refractivity contribution is 5.80. The summed E-state index contributed by atoms with van der Waals surface area (Å²) in [6.07, 6.45) is -0.653. The van der Waals surface area contributed by atoms with E-state index in [0.29, 0.717) is 32.7 Å². The number of alkyl carbamates (subject to hydrolysis) is 1. The molecule has 0 unspecified atom stereocenters. The minimum absolute atomic E-state index is 0.0361. The molecular formula is C23H33N3O6. The number of rotatable bonds is 4. The van der Waals surface area contributed by atoms with Crippen molar-refractivity contribution in [3.63, 3.8) is 0 Å². The van der Waals surface area contributed by atoms with Gasteiger partial charge < -0.3 is 29.3 Å². The average Bonchev–Trinajstić information content (AvgIpc) is 2.77. The third-order valence-corrected chi connectivity index (χ3v) is 5.31. The molecule has 0 spiro atoms. The molecule has 176 valence electrons. The summed E-state index contributed by atoms with van der Waals surface area (Å²) in [5.74, 6) is -0.472. The van der Waals surface area contributed by atoms with Crippen LogP contribution in [0.3, 0.4) is 0 Å². The number of carbonyl (C=O) groups is 3. The first kappa shape index (κ1) is 23.8. The van der Waals surface area contributed by atoms with Gasteiger partial charge in [0, 0.05) is 26.2 Å². The molecular weight excluding hydrogens is 414 g/mol. The van der Waals surface area contributed by atoms with Gasteiger partial charge in [0.25, 0.3) is 0 Å². The molecule has 1 N–H and O–H groups in total. The predicted octanol–water partition coefficient (Wildman–Crippen LogP) is 2.40. The smallest absolute Gasteiger partial charge is 0.410 e. The zero-order valence-electron chi connectivity index (χ0n) is 19.0. The molecule has 2 aliphatic heterocycles. The fourth-order valence-electron chi connectivity index (χ4n) is 3.83. The average molecular weight is 448 g/mol. The van der Waals surface area contributed by atoms with Crippen LogP contribution in [0.2, 0.25) is 0 Å². The van der Waals surface area contributed by atoms with Crippen LogP contribution in [-0.2, 0) is 25.6 Å². The molecule has 9 nitrogen and oxygen atoms in total. The third-order valence-electron chi connectivity index (χ3n) is 5.31. The van der Waals surface area contributed by atoms with Gasteiger partial charge in [0.1, 0.15) is 12.2 Å². The number of morpholine rings is 1. The number of amides is 3. The van der Waals surface area contributed by atoms with Crippen LogP contribution in [0.4, 0.5) is 9.59 Å². The van der Waals surface area contributed by atoms with Crippen molar-refractivity contribution in [1.82, 2.24) is 15.1 Å². The van der Waals surface area contributed by atoms with Gasteiger partial charge in [-0.25, -0.2) is 9.59 Å². The molecule has 0 aliphatic carbocycles. The molecule has 2 saturated heterocycles. The highest BCUT2D eigenvalue weighted by atomic mass is 16.6. The highest BCUT2D eigenvalue weighted by Gasteiger charge is 2.38. The molecule has 0 radical (unpaired) electrons. The van der Waals surface area contributed by atoms with Crippen molar-refractivity contribution in [2.45, 2.75) is 45.4 Å². The number of hydrogen-bond donors (Lipinski definition) is 1. The minimum Gasteiger partial charge on any atom is -0.445 e. The molecule has 2 aliphatic rings. The molecule has 2 atom stereocenters. The number of benzene rings is 1. The Morgan fingerprint density at radius 1 is 1.06 bits per heavy atom. The lowest BCUT2D eigenvalue weighted by molar-refractivity contribution is -0.141. The van der Waals surface area contributed by atoms with Crippen LogP contribution in [0.5, 0.6) is 0 Å². The number of piperidine rings is 1. The van der Waals surface area contributed by atoms with Crippen LogP contribution in [-0.4, -0.2) is 78.9 Å². The molecule has 2 heterocycles. The van der Waals surface area contributed by atoms with Crippen molar-refractivity contribution in [3.8, 4) is 0 Å². The van der Waals surface area contributed by atoms with Crippen LogP contribution >= 0.6 is 0 Å². The lowest BCUT2D eigenvalue weighted by Gasteiger charge is -2.40. The van der Waals surface area contributed by atoms with Gasteiger partial charge in [0.05, 0.1) is 25.2 Å². The standard InChI is InChI=1S/C23H33N3O6/c1-23(2,3)32-22(29)26-14-18(20(27)25-9-11-30-12-10-25)13-19(15-26)24-21(28)31-16-17-7-5-4-6-8-17/h4-8,18-19H,9-16H2,1-3H3,(H,24,28)/t18-,19+/m1/s1. The van der Waals surface area contributed by atoms with Crippen LogP contribution in [0.25, 0.3) is 0 Å². The maximum atomic E-state index is 13.1. The largest absolute Gasteiger partial charge is 0.445 e. The number of nitrogens with zero attached hydrogens (tertiary/aromatic N) is 2. The second-order valence-corrected chi connectivity index (χ2v) is 9.16. The first-order valence-electron chi connectivity index (χ1n) is 11.0. The van der Waals surface area contributed by atoms with Crippen molar-refractivity contribution in [2.24, 2.45) is 5.92 Å². The minimum atomic E-state index is -0.657. The van der Waals surface area contributed by atoms with E-state index in [0.717, 1.165) is 5.56 Å². The molecule has 0 aromatic heterocycles. The van der Waals surface area contributed by atoms with Gasteiger partial charge in [-0.05, 0) is 32.8 Å². The van der Waals surface area contributed by atoms with Crippen molar-refractivity contribution in [3.05, 3.63) is 35.9 Å². The van der Waals surface area contributed by atoms with Gasteiger partial charge in [-0.3, -0.25) is 4.79 Å². The van der Waals surface area contributed by atoms with E-state index < -0.39 is 29.7 Å². The number of hydrogen-bond acceptors (Lipinski definition) is 6. The number of ether oxygens (including phenoxy) is 3. The van der Waals surface area contributed by atoms with Crippen molar-refractivity contribution < 1.29 is 28.6 Å². The van der Waals surface area contributed by atoms with Crippen LogP contribution < -0.4 is 5.32 Å². The first-order chi connectivity index (χ1) is 15.2. The summed E-state index contributed by atoms with van der Waals surface area (Å²) in [6, 6.07) is 8.96. The molecule has 9 heteroatoms. The molecule has 2 fully saturated rings. The lowest BCUT2D eigenvalue weighted by Crippen LogP contribution is -2.57. The molecule has 3 rings (SSSR count). The quantitative estimate of drug-likeness (QED) is 0.761. The first-order valence-corrected chi connectivity index (χ1v) is 11.0. The van der Waals surface area contributed by atoms with Gasteiger partial charge in [-0.15, -0.1) is 0 Å². The Morgan fingerprint density at radius 2 is 1.75 bits per heavy atom. The number of carbonyl (C=O) groups excluding carboxylic acids is 3. The maximum Gasteiger partial charge on any atom is 0.410 e. The highest BCUT2D eigenvalue weighted by Crippen LogP contribution is 2.22. The van der Waals surface area contributed by atoms with E-state index in [1.54, 1.807) is 25.7 Å². The summed E-state index contributed by atoms with van der Waals surface area (Å²) in [7, 11) is 0. The van der Waals surface area contributed by atoms with Gasteiger partial charge in [-0.2, -0.15) is 0 Å². The third kappa shape index (κ3) is 7.12. The Hall–Kier alpha value is -2.81. The van der Waals surface area contributed by atoms with E-state index in [1.807, 2.05) is 30.3 Å². The summed E-state index contributed by atoms with van der Waals surface area (Å²) in [4.78, 5) is 41.5. The van der Waals surface area contributed by atoms with Gasteiger partial charge >= 0.3 is 12.2 Å². The second-order valence-electron chi connectivity index (χ2n) is 9.16. The van der Waals surface area contributed by atoms with Gasteiger partial charge in [0.2, 0.25) is 5.91 Å². The monoisotopic (exact) mass is 447 g/mol. The number of nitrogens with one attached hydrogen (secondary N) is 1. The summed E-state index contributed by atoms with van der Waals surface area (Å²) in [6.45, 7) is 8.09. The predicted molar refractivity (Wildman–Crippen MR) is 117 cm³/mol. The molecule has 32 heavy (non-hydrogen) atoms. The van der Waals surface area contributed by atoms with Crippen molar-refractivity contribution in [2.75, 3.05) is 39.4 Å². The molecule has 0 saturated carbocycles. The Bertz CT molecular complexity index is 789. The lowest BCUT2D eigenvalue weighted by atomic mass is 9.93. The fraction of sp³-hybridized carbons (Fsp3) is 0.609. The van der Waals surface area contributed by atoms with Crippen molar-refractivity contribution >= 4 is 18.1 Å². The van der Waals surface area contributed by atoms with E-state index in [4.69, 9.17) is 14.2 Å². The Morgan fingerprint density at radius 3 is 2.41 bits per heavy atom. The van der Waals surface area contributed by atoms with Crippen LogP contribution in [0.1, 0.15) is 32.8 Å². The summed E-state index contributed by atoms with van der Waals surface area (Å²) in [5.41, 5.74) is 0.220. The van der Waals surface area contributed by atoms with Gasteiger partial charge in [0.15, 0.2) is 0 Å². The summed E-state index contributed by atoms with van der Waals surface area (Å²) < 4.78 is 16.2. The van der Waals surface area contributed by atoms with E-state index in [-0.39, 0.29) is 25.6 Å². The zero-order valence-corrected chi connectivity index (χ0v) is 19.0. The van der Waals surface area contributed by atoms with Gasteiger partial charge in [-0.1, -0.05) is 30.3 Å². The van der Waals surface area contributed by atoms with Crippen molar-refractivity contribution in [1.29, 1.82) is 0 Å². The maximum absolute atomic E-state index is 13.1. The van der Waals surface area contributed by atoms with E-state index in [2.05, 4.69) is 5.32 Å². The topological polar surface area (TPSA) is 97.4 Å². The zero-order chi connectivity index (χ0) is 23.1. The molecule has 1 aromatic rings. The fourth-order valence-corrected chi connectivity index (χ4v) is 3.83. The molecule has 3 amide bonds. The van der Waals surface area contributed by atoms with E-state index >= 15 is 0 Å². The number of likely N-dealkylation sites (tertiary alicyclic amines) is 1. The van der Waals surface area contributed by atoms with E-state index in [1.165, 1.54) is 4.90 Å². The summed E-state index contributed by atoms with van der Waals surface area (Å²) in [5, 5.41) is 2.82. The summed E-state index contributed by atoms with van der Waals surface area (Å²) >= 11 is 0. The Balaban J connectivity index is 1.64. The van der Waals surface area contributed by atoms with Crippen LogP contribution in [0, 0.1) is 5.92 Å². The Labute approximate surface area is 189 Å². The van der Waals surface area contributed by atoms with E-state index in [9.17, 15) is 14.4 Å². The molecule has 1 aromatic carbocycles. The molecule has 0 bridgehead atoms.